The van der Waals surface area contributed by atoms with Crippen LogP contribution >= 0.6 is 11.6 Å². The lowest BCUT2D eigenvalue weighted by molar-refractivity contribution is -0.123. The van der Waals surface area contributed by atoms with E-state index in [1.54, 1.807) is 24.3 Å². The highest BCUT2D eigenvalue weighted by molar-refractivity contribution is 6.31. The van der Waals surface area contributed by atoms with Gasteiger partial charge >= 0.3 is 0 Å². The van der Waals surface area contributed by atoms with Gasteiger partial charge in [-0.3, -0.25) is 9.59 Å². The molecule has 9 heteroatoms. The second kappa shape index (κ2) is 8.85. The van der Waals surface area contributed by atoms with Gasteiger partial charge < -0.3 is 13.7 Å². The fraction of sp³-hybridized carbons (Fsp3) is 0.0909. The van der Waals surface area contributed by atoms with Gasteiger partial charge in [0.15, 0.2) is 12.4 Å². The summed E-state index contributed by atoms with van der Waals surface area (Å²) < 4.78 is 16.2. The number of aromatic nitrogens is 1. The van der Waals surface area contributed by atoms with E-state index in [0.29, 0.717) is 33.1 Å². The van der Waals surface area contributed by atoms with Crippen LogP contribution in [0.2, 0.25) is 5.02 Å². The van der Waals surface area contributed by atoms with Crippen LogP contribution in [0.5, 0.6) is 5.75 Å². The van der Waals surface area contributed by atoms with E-state index in [1.165, 1.54) is 24.7 Å². The fourth-order valence-electron chi connectivity index (χ4n) is 2.87. The Labute approximate surface area is 181 Å². The van der Waals surface area contributed by atoms with E-state index in [0.717, 1.165) is 5.56 Å². The Kier molecular flexibility index (Phi) is 5.81. The summed E-state index contributed by atoms with van der Waals surface area (Å²) >= 11 is 5.93. The molecular formula is C22H16ClN3O5. The first-order valence-corrected chi connectivity index (χ1v) is 9.56. The van der Waals surface area contributed by atoms with E-state index in [1.807, 2.05) is 19.1 Å². The van der Waals surface area contributed by atoms with Crippen molar-refractivity contribution < 1.29 is 18.5 Å². The second-order valence-electron chi connectivity index (χ2n) is 6.62. The smallest absolute Gasteiger partial charge is 0.277 e. The van der Waals surface area contributed by atoms with E-state index in [-0.39, 0.29) is 17.6 Å². The van der Waals surface area contributed by atoms with Crippen LogP contribution in [0.1, 0.15) is 11.1 Å². The molecule has 4 rings (SSSR count). The Morgan fingerprint density at radius 3 is 2.94 bits per heavy atom. The van der Waals surface area contributed by atoms with Crippen LogP contribution in [0.15, 0.2) is 73.8 Å². The summed E-state index contributed by atoms with van der Waals surface area (Å²) in [5.41, 5.74) is 4.27. The number of carbonyl (C=O) groups is 1. The summed E-state index contributed by atoms with van der Waals surface area (Å²) in [6, 6.07) is 11.9. The summed E-state index contributed by atoms with van der Waals surface area (Å²) in [5, 5.41) is 8.24. The molecule has 0 aliphatic carbocycles. The van der Waals surface area contributed by atoms with Crippen LogP contribution in [0, 0.1) is 6.92 Å². The number of benzene rings is 2. The van der Waals surface area contributed by atoms with E-state index in [9.17, 15) is 9.59 Å². The Balaban J connectivity index is 1.42. The van der Waals surface area contributed by atoms with Crippen molar-refractivity contribution in [1.82, 2.24) is 10.6 Å². The molecule has 156 valence electrons. The fourth-order valence-corrected chi connectivity index (χ4v) is 3.05. The lowest BCUT2D eigenvalue weighted by Crippen LogP contribution is -2.25. The van der Waals surface area contributed by atoms with Crippen molar-refractivity contribution in [2.24, 2.45) is 5.10 Å². The molecule has 2 aromatic heterocycles. The SMILES string of the molecule is Cc1ccc(OCC(=O)N/N=C/c2coc3ccc(Cl)cc3c2=O)c(-c2ccno2)c1. The van der Waals surface area contributed by atoms with Gasteiger partial charge in [0.25, 0.3) is 5.91 Å². The zero-order valence-electron chi connectivity index (χ0n) is 16.3. The maximum Gasteiger partial charge on any atom is 0.277 e. The maximum atomic E-state index is 12.5. The van der Waals surface area contributed by atoms with Gasteiger partial charge in [-0.05, 0) is 37.3 Å². The van der Waals surface area contributed by atoms with Crippen molar-refractivity contribution in [2.45, 2.75) is 6.92 Å². The lowest BCUT2D eigenvalue weighted by Gasteiger charge is -2.09. The quantitative estimate of drug-likeness (QED) is 0.361. The molecule has 0 radical (unpaired) electrons. The molecule has 0 unspecified atom stereocenters. The van der Waals surface area contributed by atoms with Gasteiger partial charge in [-0.2, -0.15) is 5.10 Å². The molecule has 0 aliphatic rings. The minimum Gasteiger partial charge on any atom is -0.483 e. The normalized spacial score (nSPS) is 11.2. The molecule has 0 saturated heterocycles. The Hall–Kier alpha value is -3.91. The number of fused-ring (bicyclic) bond motifs is 1. The molecule has 0 atom stereocenters. The van der Waals surface area contributed by atoms with Gasteiger partial charge in [0, 0.05) is 11.1 Å². The minimum atomic E-state index is -0.506. The molecule has 2 aromatic carbocycles. The maximum absolute atomic E-state index is 12.5. The largest absolute Gasteiger partial charge is 0.483 e. The number of amides is 1. The van der Waals surface area contributed by atoms with Crippen molar-refractivity contribution in [3.8, 4) is 17.1 Å². The third-order valence-electron chi connectivity index (χ3n) is 4.35. The monoisotopic (exact) mass is 437 g/mol. The minimum absolute atomic E-state index is 0.169. The van der Waals surface area contributed by atoms with Gasteiger partial charge in [-0.25, -0.2) is 5.43 Å². The molecule has 1 amide bonds. The molecule has 2 heterocycles. The lowest BCUT2D eigenvalue weighted by atomic mass is 10.1. The number of aryl methyl sites for hydroxylation is 1. The highest BCUT2D eigenvalue weighted by Gasteiger charge is 2.12. The molecule has 0 spiro atoms. The third-order valence-corrected chi connectivity index (χ3v) is 4.59. The van der Waals surface area contributed by atoms with Crippen LogP contribution in [0.3, 0.4) is 0 Å². The molecule has 0 fully saturated rings. The zero-order chi connectivity index (χ0) is 21.8. The van der Waals surface area contributed by atoms with E-state index in [2.05, 4.69) is 15.7 Å². The number of hydrogen-bond donors (Lipinski definition) is 1. The van der Waals surface area contributed by atoms with E-state index >= 15 is 0 Å². The molecule has 8 nitrogen and oxygen atoms in total. The number of nitrogens with one attached hydrogen (secondary N) is 1. The number of rotatable bonds is 6. The van der Waals surface area contributed by atoms with Crippen molar-refractivity contribution in [3.63, 3.8) is 0 Å². The molecule has 0 saturated carbocycles. The van der Waals surface area contributed by atoms with Crippen molar-refractivity contribution >= 4 is 34.7 Å². The van der Waals surface area contributed by atoms with Crippen LogP contribution in [0.4, 0.5) is 0 Å². The Morgan fingerprint density at radius 2 is 2.13 bits per heavy atom. The Bertz CT molecular complexity index is 1330. The van der Waals surface area contributed by atoms with Crippen LogP contribution in [0.25, 0.3) is 22.3 Å². The van der Waals surface area contributed by atoms with Crippen LogP contribution in [-0.4, -0.2) is 23.9 Å². The predicted octanol–water partition coefficient (Wildman–Crippen LogP) is 3.94. The summed E-state index contributed by atoms with van der Waals surface area (Å²) in [6.07, 6.45) is 4.00. The number of ether oxygens (including phenoxy) is 1. The Morgan fingerprint density at radius 1 is 1.26 bits per heavy atom. The average Bonchev–Trinajstić information content (AvgIpc) is 3.29. The molecule has 1 N–H and O–H groups in total. The summed E-state index contributed by atoms with van der Waals surface area (Å²) in [4.78, 5) is 24.6. The number of halogens is 1. The van der Waals surface area contributed by atoms with Gasteiger partial charge in [0.1, 0.15) is 17.6 Å². The number of carbonyl (C=O) groups excluding carboxylic acids is 1. The molecule has 0 bridgehead atoms. The summed E-state index contributed by atoms with van der Waals surface area (Å²) in [6.45, 7) is 1.64. The highest BCUT2D eigenvalue weighted by Crippen LogP contribution is 2.30. The number of hydrogen-bond acceptors (Lipinski definition) is 7. The van der Waals surface area contributed by atoms with E-state index < -0.39 is 5.91 Å². The molecule has 31 heavy (non-hydrogen) atoms. The van der Waals surface area contributed by atoms with Gasteiger partial charge in [0.05, 0.1) is 28.9 Å². The summed E-state index contributed by atoms with van der Waals surface area (Å²) in [5.74, 6) is 0.488. The number of nitrogens with zero attached hydrogens (tertiary/aromatic N) is 2. The van der Waals surface area contributed by atoms with Gasteiger partial charge in [0.2, 0.25) is 5.43 Å². The summed E-state index contributed by atoms with van der Waals surface area (Å²) in [7, 11) is 0. The average molecular weight is 438 g/mol. The topological polar surface area (TPSA) is 107 Å². The van der Waals surface area contributed by atoms with Crippen LogP contribution in [-0.2, 0) is 4.79 Å². The number of hydrazone groups is 1. The third kappa shape index (κ3) is 4.65. The first kappa shape index (κ1) is 20.4. The highest BCUT2D eigenvalue weighted by atomic mass is 35.5. The molecular weight excluding hydrogens is 422 g/mol. The molecule has 0 aliphatic heterocycles. The molecule has 4 aromatic rings. The van der Waals surface area contributed by atoms with Gasteiger partial charge in [-0.15, -0.1) is 0 Å². The second-order valence-corrected chi connectivity index (χ2v) is 7.06. The first-order chi connectivity index (χ1) is 15.0. The van der Waals surface area contributed by atoms with Crippen LogP contribution < -0.4 is 15.6 Å². The van der Waals surface area contributed by atoms with Crippen molar-refractivity contribution in [3.05, 3.63) is 81.3 Å². The van der Waals surface area contributed by atoms with E-state index in [4.69, 9.17) is 25.3 Å². The van der Waals surface area contributed by atoms with Gasteiger partial charge in [-0.1, -0.05) is 28.4 Å². The first-order valence-electron chi connectivity index (χ1n) is 9.19. The van der Waals surface area contributed by atoms with Crippen molar-refractivity contribution in [1.29, 1.82) is 0 Å². The predicted molar refractivity (Wildman–Crippen MR) is 115 cm³/mol. The zero-order valence-corrected chi connectivity index (χ0v) is 17.1. The standard InChI is InChI=1S/C22H16ClN3O5/c1-13-2-4-18(16(8-13)20-6-7-25-31-20)30-12-21(27)26-24-10-14-11-29-19-5-3-15(23)9-17(19)22(14)28/h2-11H,12H2,1H3,(H,26,27)/b24-10+. The van der Waals surface area contributed by atoms with Crippen molar-refractivity contribution in [2.75, 3.05) is 6.61 Å².